The van der Waals surface area contributed by atoms with E-state index in [4.69, 9.17) is 10.5 Å². The van der Waals surface area contributed by atoms with Crippen LogP contribution in [-0.4, -0.2) is 18.2 Å². The lowest BCUT2D eigenvalue weighted by molar-refractivity contribution is 0.119. The van der Waals surface area contributed by atoms with Gasteiger partial charge in [-0.2, -0.15) is 0 Å². The molecule has 14 heavy (non-hydrogen) atoms. The molecule has 0 bridgehead atoms. The summed E-state index contributed by atoms with van der Waals surface area (Å²) in [6, 6.07) is 3.90. The second kappa shape index (κ2) is 4.24. The topological polar surface area (TPSA) is 48.1 Å². The predicted molar refractivity (Wildman–Crippen MR) is 56.7 cm³/mol. The monoisotopic (exact) mass is 190 g/mol. The molecule has 2 heterocycles. The second-order valence-electron chi connectivity index (χ2n) is 3.39. The normalized spacial score (nSPS) is 16.7. The van der Waals surface area contributed by atoms with Crippen molar-refractivity contribution in [1.82, 2.24) is 4.98 Å². The molecule has 1 aromatic heterocycles. The summed E-state index contributed by atoms with van der Waals surface area (Å²) < 4.78 is 5.28. The van der Waals surface area contributed by atoms with E-state index in [-0.39, 0.29) is 0 Å². The van der Waals surface area contributed by atoms with Gasteiger partial charge in [0.15, 0.2) is 0 Å². The zero-order valence-electron chi connectivity index (χ0n) is 8.07. The third-order valence-corrected chi connectivity index (χ3v) is 2.37. The Morgan fingerprint density at radius 2 is 2.14 bits per heavy atom. The smallest absolute Gasteiger partial charge is 0.130 e. The van der Waals surface area contributed by atoms with E-state index in [1.165, 1.54) is 5.57 Å². The van der Waals surface area contributed by atoms with Crippen molar-refractivity contribution in [3.8, 4) is 0 Å². The molecule has 74 valence electrons. The van der Waals surface area contributed by atoms with Crippen LogP contribution in [0.15, 0.2) is 23.9 Å². The van der Waals surface area contributed by atoms with Crippen LogP contribution in [0.25, 0.3) is 6.08 Å². The minimum absolute atomic E-state index is 0.603. The molecule has 1 saturated heterocycles. The van der Waals surface area contributed by atoms with Crippen LogP contribution in [0.3, 0.4) is 0 Å². The first-order valence-electron chi connectivity index (χ1n) is 4.84. The Morgan fingerprint density at radius 1 is 1.36 bits per heavy atom. The first-order valence-corrected chi connectivity index (χ1v) is 4.84. The Bertz CT molecular complexity index is 339. The van der Waals surface area contributed by atoms with Gasteiger partial charge in [-0.05, 0) is 25.0 Å². The van der Waals surface area contributed by atoms with Gasteiger partial charge in [-0.1, -0.05) is 11.6 Å². The van der Waals surface area contributed by atoms with E-state index >= 15 is 0 Å². The van der Waals surface area contributed by atoms with Crippen molar-refractivity contribution >= 4 is 11.9 Å². The molecule has 3 heteroatoms. The Balaban J connectivity index is 2.19. The van der Waals surface area contributed by atoms with Gasteiger partial charge in [-0.25, -0.2) is 4.98 Å². The van der Waals surface area contributed by atoms with E-state index in [0.717, 1.165) is 31.6 Å². The van der Waals surface area contributed by atoms with Crippen LogP contribution in [0.1, 0.15) is 18.4 Å². The van der Waals surface area contributed by atoms with Crippen LogP contribution in [-0.2, 0) is 4.74 Å². The lowest BCUT2D eigenvalue weighted by Gasteiger charge is -2.14. The molecular weight excluding hydrogens is 176 g/mol. The highest BCUT2D eigenvalue weighted by Crippen LogP contribution is 2.19. The third kappa shape index (κ3) is 2.12. The number of nitrogen functional groups attached to an aromatic ring is 1. The van der Waals surface area contributed by atoms with Gasteiger partial charge >= 0.3 is 0 Å². The highest BCUT2D eigenvalue weighted by Gasteiger charge is 2.06. The fourth-order valence-electron chi connectivity index (χ4n) is 1.55. The van der Waals surface area contributed by atoms with Crippen LogP contribution < -0.4 is 5.73 Å². The van der Waals surface area contributed by atoms with Gasteiger partial charge in [0.1, 0.15) is 5.82 Å². The maximum atomic E-state index is 5.75. The second-order valence-corrected chi connectivity index (χ2v) is 3.39. The minimum atomic E-state index is 0.603. The van der Waals surface area contributed by atoms with Gasteiger partial charge in [-0.15, -0.1) is 0 Å². The molecule has 1 aromatic rings. The van der Waals surface area contributed by atoms with Crippen molar-refractivity contribution in [2.75, 3.05) is 18.9 Å². The average molecular weight is 190 g/mol. The Hall–Kier alpha value is -1.35. The van der Waals surface area contributed by atoms with E-state index in [1.54, 1.807) is 6.20 Å². The number of aromatic nitrogens is 1. The molecule has 0 amide bonds. The molecule has 0 saturated carbocycles. The molecule has 1 fully saturated rings. The maximum Gasteiger partial charge on any atom is 0.130 e. The Labute approximate surface area is 83.6 Å². The standard InChI is InChI=1S/C11H14N2O/c12-11-10(2-1-5-13-11)8-9-3-6-14-7-4-9/h1-2,5,8H,3-4,6-7H2,(H2,12,13). The van der Waals surface area contributed by atoms with Crippen molar-refractivity contribution in [3.63, 3.8) is 0 Å². The SMILES string of the molecule is Nc1ncccc1C=C1CCOCC1. The summed E-state index contributed by atoms with van der Waals surface area (Å²) in [4.78, 5) is 4.05. The molecule has 0 spiro atoms. The van der Waals surface area contributed by atoms with Crippen LogP contribution >= 0.6 is 0 Å². The van der Waals surface area contributed by atoms with Crippen LogP contribution in [0.5, 0.6) is 0 Å². The van der Waals surface area contributed by atoms with Gasteiger partial charge in [-0.3, -0.25) is 0 Å². The molecule has 1 aliphatic heterocycles. The van der Waals surface area contributed by atoms with Gasteiger partial charge in [0, 0.05) is 11.8 Å². The number of hydrogen-bond donors (Lipinski definition) is 1. The zero-order chi connectivity index (χ0) is 9.80. The number of nitrogens with zero attached hydrogens (tertiary/aromatic N) is 1. The Kier molecular flexibility index (Phi) is 2.79. The third-order valence-electron chi connectivity index (χ3n) is 2.37. The maximum absolute atomic E-state index is 5.75. The number of pyridine rings is 1. The number of ether oxygens (including phenoxy) is 1. The largest absolute Gasteiger partial charge is 0.383 e. The first kappa shape index (κ1) is 9.21. The summed E-state index contributed by atoms with van der Waals surface area (Å²) in [7, 11) is 0. The Morgan fingerprint density at radius 3 is 2.86 bits per heavy atom. The van der Waals surface area contributed by atoms with E-state index in [9.17, 15) is 0 Å². The summed E-state index contributed by atoms with van der Waals surface area (Å²) in [5.74, 6) is 0.603. The molecule has 0 atom stereocenters. The van der Waals surface area contributed by atoms with Gasteiger partial charge in [0.25, 0.3) is 0 Å². The van der Waals surface area contributed by atoms with Crippen LogP contribution in [0, 0.1) is 0 Å². The molecule has 0 unspecified atom stereocenters. The zero-order valence-corrected chi connectivity index (χ0v) is 8.07. The van der Waals surface area contributed by atoms with E-state index in [0.29, 0.717) is 5.82 Å². The van der Waals surface area contributed by atoms with Gasteiger partial charge in [0.2, 0.25) is 0 Å². The van der Waals surface area contributed by atoms with Crippen molar-refractivity contribution < 1.29 is 4.74 Å². The van der Waals surface area contributed by atoms with Crippen molar-refractivity contribution in [1.29, 1.82) is 0 Å². The van der Waals surface area contributed by atoms with Crippen LogP contribution in [0.2, 0.25) is 0 Å². The summed E-state index contributed by atoms with van der Waals surface area (Å²) >= 11 is 0. The summed E-state index contributed by atoms with van der Waals surface area (Å²) in [6.45, 7) is 1.65. The number of hydrogen-bond acceptors (Lipinski definition) is 3. The number of nitrogens with two attached hydrogens (primary N) is 1. The lowest BCUT2D eigenvalue weighted by atomic mass is 10.0. The van der Waals surface area contributed by atoms with Crippen molar-refractivity contribution in [2.45, 2.75) is 12.8 Å². The number of rotatable bonds is 1. The van der Waals surface area contributed by atoms with Crippen LogP contribution in [0.4, 0.5) is 5.82 Å². The van der Waals surface area contributed by atoms with E-state index in [1.807, 2.05) is 12.1 Å². The molecule has 0 radical (unpaired) electrons. The molecular formula is C11H14N2O. The fraction of sp³-hybridized carbons (Fsp3) is 0.364. The quantitative estimate of drug-likeness (QED) is 0.735. The molecule has 0 aromatic carbocycles. The summed E-state index contributed by atoms with van der Waals surface area (Å²) in [5.41, 5.74) is 8.17. The molecule has 2 rings (SSSR count). The minimum Gasteiger partial charge on any atom is -0.383 e. The molecule has 1 aliphatic rings. The van der Waals surface area contributed by atoms with E-state index in [2.05, 4.69) is 11.1 Å². The summed E-state index contributed by atoms with van der Waals surface area (Å²) in [6.07, 6.45) is 5.86. The van der Waals surface area contributed by atoms with Gasteiger partial charge in [0.05, 0.1) is 13.2 Å². The van der Waals surface area contributed by atoms with Crippen molar-refractivity contribution in [2.24, 2.45) is 0 Å². The highest BCUT2D eigenvalue weighted by atomic mass is 16.5. The summed E-state index contributed by atoms with van der Waals surface area (Å²) in [5, 5.41) is 0. The fourth-order valence-corrected chi connectivity index (χ4v) is 1.55. The van der Waals surface area contributed by atoms with Gasteiger partial charge < -0.3 is 10.5 Å². The lowest BCUT2D eigenvalue weighted by Crippen LogP contribution is -2.07. The molecule has 0 aliphatic carbocycles. The molecule has 3 nitrogen and oxygen atoms in total. The number of anilines is 1. The first-order chi connectivity index (χ1) is 6.86. The molecule has 2 N–H and O–H groups in total. The highest BCUT2D eigenvalue weighted by molar-refractivity contribution is 5.62. The average Bonchev–Trinajstić information content (AvgIpc) is 2.23. The van der Waals surface area contributed by atoms with E-state index < -0.39 is 0 Å². The predicted octanol–water partition coefficient (Wildman–Crippen LogP) is 1.86. The van der Waals surface area contributed by atoms with Crippen molar-refractivity contribution in [3.05, 3.63) is 29.5 Å².